The predicted octanol–water partition coefficient (Wildman–Crippen LogP) is 1.01. The van der Waals surface area contributed by atoms with Gasteiger partial charge in [-0.25, -0.2) is 8.42 Å². The molecule has 2 fully saturated rings. The minimum atomic E-state index is -3.05. The van der Waals surface area contributed by atoms with Gasteiger partial charge in [-0.2, -0.15) is 0 Å². The summed E-state index contributed by atoms with van der Waals surface area (Å²) in [5, 5.41) is 0. The molecule has 3 rings (SSSR count). The third kappa shape index (κ3) is 5.35. The number of amides is 2. The molecule has 1 heterocycles. The minimum absolute atomic E-state index is 0.00640. The molecular formula is C20H26N2O6S. The lowest BCUT2D eigenvalue weighted by atomic mass is 9.79. The van der Waals surface area contributed by atoms with E-state index in [4.69, 9.17) is 4.74 Å². The first-order valence-electron chi connectivity index (χ1n) is 9.82. The topological polar surface area (TPSA) is 119 Å². The first kappa shape index (κ1) is 21.3. The maximum Gasteiger partial charge on any atom is 0.317 e. The Kier molecular flexibility index (Phi) is 6.56. The Labute approximate surface area is 170 Å². The number of hydrogen-bond acceptors (Lipinski definition) is 6. The number of carbonyl (C=O) groups is 3. The summed E-state index contributed by atoms with van der Waals surface area (Å²) in [5.41, 5.74) is 4.62. The Morgan fingerprint density at radius 1 is 1.03 bits per heavy atom. The molecule has 8 nitrogen and oxygen atoms in total. The Hall–Kier alpha value is -2.42. The Bertz CT molecular complexity index is 862. The van der Waals surface area contributed by atoms with Crippen LogP contribution in [-0.4, -0.2) is 44.3 Å². The van der Waals surface area contributed by atoms with E-state index < -0.39 is 39.6 Å². The van der Waals surface area contributed by atoms with Crippen molar-refractivity contribution in [2.45, 2.75) is 43.9 Å². The molecule has 1 saturated carbocycles. The SMILES string of the molecule is O=C(COC(=O)C1(c2ccccc2)CCCC1)NNC(=O)C[C@H]1CCS(=O)(=O)C1. The van der Waals surface area contributed by atoms with Crippen molar-refractivity contribution < 1.29 is 27.5 Å². The molecule has 0 spiro atoms. The first-order chi connectivity index (χ1) is 13.8. The molecule has 158 valence electrons. The predicted molar refractivity (Wildman–Crippen MR) is 105 cm³/mol. The quantitative estimate of drug-likeness (QED) is 0.522. The molecule has 0 radical (unpaired) electrons. The second-order valence-electron chi connectivity index (χ2n) is 7.80. The van der Waals surface area contributed by atoms with Gasteiger partial charge in [0.05, 0.1) is 16.9 Å². The van der Waals surface area contributed by atoms with Crippen LogP contribution in [-0.2, 0) is 34.4 Å². The molecule has 2 amide bonds. The number of sulfone groups is 1. The molecule has 1 aromatic carbocycles. The number of esters is 1. The Balaban J connectivity index is 1.45. The van der Waals surface area contributed by atoms with Gasteiger partial charge >= 0.3 is 5.97 Å². The molecule has 2 N–H and O–H groups in total. The highest BCUT2D eigenvalue weighted by Crippen LogP contribution is 2.42. The second-order valence-corrected chi connectivity index (χ2v) is 10.0. The average Bonchev–Trinajstić information content (AvgIpc) is 3.32. The van der Waals surface area contributed by atoms with E-state index in [9.17, 15) is 22.8 Å². The summed E-state index contributed by atoms with van der Waals surface area (Å²) in [5.74, 6) is -1.69. The molecule has 9 heteroatoms. The van der Waals surface area contributed by atoms with Crippen molar-refractivity contribution in [1.82, 2.24) is 10.9 Å². The monoisotopic (exact) mass is 422 g/mol. The second kappa shape index (κ2) is 8.94. The lowest BCUT2D eigenvalue weighted by Gasteiger charge is -2.27. The van der Waals surface area contributed by atoms with Gasteiger partial charge < -0.3 is 4.74 Å². The number of rotatable bonds is 6. The van der Waals surface area contributed by atoms with Crippen LogP contribution in [0.5, 0.6) is 0 Å². The van der Waals surface area contributed by atoms with Crippen LogP contribution < -0.4 is 10.9 Å². The van der Waals surface area contributed by atoms with Crippen LogP contribution >= 0.6 is 0 Å². The van der Waals surface area contributed by atoms with E-state index in [0.29, 0.717) is 19.3 Å². The zero-order chi connectivity index (χ0) is 20.9. The highest BCUT2D eigenvalue weighted by atomic mass is 32.2. The summed E-state index contributed by atoms with van der Waals surface area (Å²) in [6.45, 7) is -0.495. The van der Waals surface area contributed by atoms with E-state index in [1.807, 2.05) is 30.3 Å². The maximum atomic E-state index is 12.8. The van der Waals surface area contributed by atoms with Crippen molar-refractivity contribution in [3.63, 3.8) is 0 Å². The molecule has 1 aliphatic carbocycles. The number of hydrogen-bond donors (Lipinski definition) is 2. The summed E-state index contributed by atoms with van der Waals surface area (Å²) < 4.78 is 28.1. The van der Waals surface area contributed by atoms with Crippen molar-refractivity contribution in [2.24, 2.45) is 5.92 Å². The third-order valence-electron chi connectivity index (χ3n) is 5.65. The highest BCUT2D eigenvalue weighted by Gasteiger charge is 2.44. The summed E-state index contributed by atoms with van der Waals surface area (Å²) in [7, 11) is -3.05. The standard InChI is InChI=1S/C20H26N2O6S/c23-17(12-15-8-11-29(26,27)14-15)21-22-18(24)13-28-19(25)20(9-4-5-10-20)16-6-2-1-3-7-16/h1-3,6-7,15H,4-5,8-14H2,(H,21,23)(H,22,24)/t15-/m1/s1. The van der Waals surface area contributed by atoms with Gasteiger partial charge in [0.2, 0.25) is 5.91 Å². The number of carbonyl (C=O) groups excluding carboxylic acids is 3. The van der Waals surface area contributed by atoms with E-state index in [-0.39, 0.29) is 23.8 Å². The minimum Gasteiger partial charge on any atom is -0.455 e. The lowest BCUT2D eigenvalue weighted by Crippen LogP contribution is -2.45. The van der Waals surface area contributed by atoms with Crippen LogP contribution in [0, 0.1) is 5.92 Å². The van der Waals surface area contributed by atoms with Gasteiger partial charge in [-0.1, -0.05) is 43.2 Å². The lowest BCUT2D eigenvalue weighted by molar-refractivity contribution is -0.154. The van der Waals surface area contributed by atoms with Crippen molar-refractivity contribution in [3.8, 4) is 0 Å². The number of nitrogens with one attached hydrogen (secondary N) is 2. The average molecular weight is 423 g/mol. The van der Waals surface area contributed by atoms with Gasteiger partial charge in [0.1, 0.15) is 0 Å². The van der Waals surface area contributed by atoms with Crippen molar-refractivity contribution >= 4 is 27.6 Å². The molecule has 29 heavy (non-hydrogen) atoms. The van der Waals surface area contributed by atoms with Crippen molar-refractivity contribution in [2.75, 3.05) is 18.1 Å². The maximum absolute atomic E-state index is 12.8. The molecule has 0 bridgehead atoms. The van der Waals surface area contributed by atoms with Crippen LogP contribution in [0.4, 0.5) is 0 Å². The normalized spacial score (nSPS) is 22.0. The fourth-order valence-corrected chi connectivity index (χ4v) is 6.00. The summed E-state index contributed by atoms with van der Waals surface area (Å²) in [6.07, 6.45) is 3.67. The van der Waals surface area contributed by atoms with Crippen LogP contribution in [0.15, 0.2) is 30.3 Å². The van der Waals surface area contributed by atoms with Gasteiger partial charge in [-0.05, 0) is 30.7 Å². The van der Waals surface area contributed by atoms with E-state index >= 15 is 0 Å². The summed E-state index contributed by atoms with van der Waals surface area (Å²) in [6, 6.07) is 9.43. The fourth-order valence-electron chi connectivity index (χ4n) is 4.14. The van der Waals surface area contributed by atoms with Gasteiger partial charge in [-0.3, -0.25) is 25.2 Å². The Morgan fingerprint density at radius 2 is 1.69 bits per heavy atom. The third-order valence-corrected chi connectivity index (χ3v) is 7.49. The van der Waals surface area contributed by atoms with Crippen LogP contribution in [0.2, 0.25) is 0 Å². The molecule has 0 aromatic heterocycles. The van der Waals surface area contributed by atoms with Gasteiger partial charge in [0.15, 0.2) is 16.4 Å². The number of benzene rings is 1. The summed E-state index contributed by atoms with van der Waals surface area (Å²) in [4.78, 5) is 36.6. The zero-order valence-corrected chi connectivity index (χ0v) is 17.0. The van der Waals surface area contributed by atoms with Crippen molar-refractivity contribution in [1.29, 1.82) is 0 Å². The molecule has 0 unspecified atom stereocenters. The van der Waals surface area contributed by atoms with Crippen LogP contribution in [0.1, 0.15) is 44.1 Å². The highest BCUT2D eigenvalue weighted by molar-refractivity contribution is 7.91. The number of ether oxygens (including phenoxy) is 1. The van der Waals surface area contributed by atoms with E-state index in [2.05, 4.69) is 10.9 Å². The Morgan fingerprint density at radius 3 is 2.31 bits per heavy atom. The van der Waals surface area contributed by atoms with E-state index in [1.165, 1.54) is 0 Å². The largest absolute Gasteiger partial charge is 0.455 e. The number of hydrazine groups is 1. The molecule has 1 aromatic rings. The van der Waals surface area contributed by atoms with Crippen LogP contribution in [0.3, 0.4) is 0 Å². The molecule has 2 aliphatic rings. The summed E-state index contributed by atoms with van der Waals surface area (Å²) >= 11 is 0. The first-order valence-corrected chi connectivity index (χ1v) is 11.6. The molecule has 1 aliphatic heterocycles. The zero-order valence-electron chi connectivity index (χ0n) is 16.2. The fraction of sp³-hybridized carbons (Fsp3) is 0.550. The van der Waals surface area contributed by atoms with E-state index in [0.717, 1.165) is 18.4 Å². The van der Waals surface area contributed by atoms with Gasteiger partial charge in [-0.15, -0.1) is 0 Å². The molecule has 1 atom stereocenters. The van der Waals surface area contributed by atoms with Crippen LogP contribution in [0.25, 0.3) is 0 Å². The smallest absolute Gasteiger partial charge is 0.317 e. The van der Waals surface area contributed by atoms with Gasteiger partial charge in [0, 0.05) is 6.42 Å². The molecule has 1 saturated heterocycles. The van der Waals surface area contributed by atoms with Crippen molar-refractivity contribution in [3.05, 3.63) is 35.9 Å². The van der Waals surface area contributed by atoms with E-state index in [1.54, 1.807) is 0 Å². The van der Waals surface area contributed by atoms with Gasteiger partial charge in [0.25, 0.3) is 5.91 Å². The molecular weight excluding hydrogens is 396 g/mol.